The zero-order valence-corrected chi connectivity index (χ0v) is 16.6. The lowest BCUT2D eigenvalue weighted by molar-refractivity contribution is -0.140. The summed E-state index contributed by atoms with van der Waals surface area (Å²) in [5.74, 6) is 1.19. The third-order valence-electron chi connectivity index (χ3n) is 3.85. The number of morpholine rings is 1. The molecule has 0 spiro atoms. The quantitative estimate of drug-likeness (QED) is 0.755. The molecule has 1 aliphatic heterocycles. The normalized spacial score (nSPS) is 20.0. The number of hydrogen-bond donors (Lipinski definition) is 1. The van der Waals surface area contributed by atoms with Gasteiger partial charge in [0.2, 0.25) is 11.0 Å². The molecule has 2 atom stereocenters. The highest BCUT2D eigenvalue weighted by Gasteiger charge is 2.26. The first-order valence-corrected chi connectivity index (χ1v) is 10.1. The second kappa shape index (κ2) is 8.70. The van der Waals surface area contributed by atoms with Gasteiger partial charge < -0.3 is 19.7 Å². The molecule has 1 aromatic heterocycles. The van der Waals surface area contributed by atoms with Gasteiger partial charge >= 0.3 is 0 Å². The van der Waals surface area contributed by atoms with Gasteiger partial charge in [0.05, 0.1) is 30.8 Å². The molecule has 1 N–H and O–H groups in total. The maximum Gasteiger partial charge on any atom is 0.233 e. The molecule has 0 bridgehead atoms. The number of aromatic nitrogens is 2. The van der Waals surface area contributed by atoms with Crippen LogP contribution in [-0.4, -0.2) is 59.2 Å². The van der Waals surface area contributed by atoms with Gasteiger partial charge in [0, 0.05) is 13.1 Å². The number of nitrogens with zero attached hydrogens (tertiary/aromatic N) is 3. The Hall–Kier alpha value is -1.84. The zero-order valence-electron chi connectivity index (χ0n) is 15.0. The summed E-state index contributed by atoms with van der Waals surface area (Å²) in [6.45, 7) is 5.26. The predicted molar refractivity (Wildman–Crippen MR) is 103 cm³/mol. The van der Waals surface area contributed by atoms with Crippen molar-refractivity contribution in [2.45, 2.75) is 30.4 Å². The Bertz CT molecular complexity index is 745. The van der Waals surface area contributed by atoms with Crippen molar-refractivity contribution in [3.8, 4) is 5.75 Å². The van der Waals surface area contributed by atoms with Crippen molar-refractivity contribution in [2.75, 3.05) is 31.3 Å². The van der Waals surface area contributed by atoms with E-state index in [-0.39, 0.29) is 18.1 Å². The van der Waals surface area contributed by atoms with E-state index < -0.39 is 0 Å². The number of rotatable bonds is 6. The molecule has 0 saturated carbocycles. The van der Waals surface area contributed by atoms with E-state index in [9.17, 15) is 4.79 Å². The van der Waals surface area contributed by atoms with Crippen LogP contribution in [0.15, 0.2) is 28.6 Å². The molecule has 1 fully saturated rings. The highest BCUT2D eigenvalue weighted by atomic mass is 32.2. The number of benzene rings is 1. The van der Waals surface area contributed by atoms with Gasteiger partial charge in [0.15, 0.2) is 4.34 Å². The van der Waals surface area contributed by atoms with E-state index >= 15 is 0 Å². The number of para-hydroxylation sites is 2. The van der Waals surface area contributed by atoms with Gasteiger partial charge in [-0.25, -0.2) is 0 Å². The van der Waals surface area contributed by atoms with Gasteiger partial charge in [-0.05, 0) is 26.0 Å². The fraction of sp³-hybridized carbons (Fsp3) is 0.471. The van der Waals surface area contributed by atoms with Crippen molar-refractivity contribution in [3.05, 3.63) is 24.3 Å². The molecule has 1 aliphatic rings. The molecule has 0 aliphatic carbocycles. The summed E-state index contributed by atoms with van der Waals surface area (Å²) in [6, 6.07) is 7.62. The van der Waals surface area contributed by atoms with E-state index in [2.05, 4.69) is 15.5 Å². The molecule has 7 nitrogen and oxygen atoms in total. The summed E-state index contributed by atoms with van der Waals surface area (Å²) >= 11 is 2.82. The van der Waals surface area contributed by atoms with Crippen LogP contribution in [0.5, 0.6) is 5.75 Å². The smallest absolute Gasteiger partial charge is 0.233 e. The van der Waals surface area contributed by atoms with E-state index in [0.717, 1.165) is 15.8 Å². The highest BCUT2D eigenvalue weighted by molar-refractivity contribution is 8.01. The van der Waals surface area contributed by atoms with Crippen LogP contribution in [0.4, 0.5) is 10.8 Å². The Labute approximate surface area is 161 Å². The monoisotopic (exact) mass is 394 g/mol. The van der Waals surface area contributed by atoms with Crippen LogP contribution >= 0.6 is 23.1 Å². The number of carbonyl (C=O) groups excluding carboxylic acids is 1. The van der Waals surface area contributed by atoms with E-state index in [1.54, 1.807) is 7.11 Å². The van der Waals surface area contributed by atoms with Crippen LogP contribution in [-0.2, 0) is 9.53 Å². The fourth-order valence-corrected chi connectivity index (χ4v) is 4.45. The molecule has 1 saturated heterocycles. The molecular formula is C17H22N4O3S2. The minimum Gasteiger partial charge on any atom is -0.495 e. The Balaban J connectivity index is 1.54. The van der Waals surface area contributed by atoms with Crippen LogP contribution in [0.25, 0.3) is 0 Å². The third kappa shape index (κ3) is 4.87. The standard InChI is InChI=1S/C17H22N4O3S2/c1-11-8-21(9-12(2)24-11)15(22)10-25-17-20-19-16(26-17)18-13-6-4-5-7-14(13)23-3/h4-7,11-12H,8-10H2,1-3H3,(H,18,19)/t11-,12-/m1/s1. The molecule has 2 heterocycles. The van der Waals surface area contributed by atoms with Gasteiger partial charge in [-0.2, -0.15) is 0 Å². The van der Waals surface area contributed by atoms with Crippen molar-refractivity contribution in [1.29, 1.82) is 0 Å². The first-order valence-electron chi connectivity index (χ1n) is 8.34. The second-order valence-corrected chi connectivity index (χ2v) is 8.24. The average Bonchev–Trinajstić information content (AvgIpc) is 3.06. The molecule has 3 rings (SSSR count). The molecule has 1 aromatic carbocycles. The van der Waals surface area contributed by atoms with Crippen molar-refractivity contribution >= 4 is 39.8 Å². The van der Waals surface area contributed by atoms with E-state index in [1.807, 2.05) is 43.0 Å². The number of hydrogen-bond acceptors (Lipinski definition) is 8. The third-order valence-corrected chi connectivity index (χ3v) is 5.80. The number of methoxy groups -OCH3 is 1. The predicted octanol–water partition coefficient (Wildman–Crippen LogP) is 3.02. The summed E-state index contributed by atoms with van der Waals surface area (Å²) < 4.78 is 11.7. The highest BCUT2D eigenvalue weighted by Crippen LogP contribution is 2.31. The Kier molecular flexibility index (Phi) is 6.33. The van der Waals surface area contributed by atoms with Gasteiger partial charge in [-0.3, -0.25) is 4.79 Å². The lowest BCUT2D eigenvalue weighted by Gasteiger charge is -2.35. The number of carbonyl (C=O) groups is 1. The largest absolute Gasteiger partial charge is 0.495 e. The number of nitrogens with one attached hydrogen (secondary N) is 1. The minimum atomic E-state index is 0.0749. The number of ether oxygens (including phenoxy) is 2. The van der Waals surface area contributed by atoms with Crippen molar-refractivity contribution in [1.82, 2.24) is 15.1 Å². The Morgan fingerprint density at radius 2 is 2.08 bits per heavy atom. The van der Waals surface area contributed by atoms with Crippen LogP contribution in [0.3, 0.4) is 0 Å². The van der Waals surface area contributed by atoms with Crippen molar-refractivity contribution in [2.24, 2.45) is 0 Å². The van der Waals surface area contributed by atoms with Crippen LogP contribution in [0.1, 0.15) is 13.8 Å². The maximum absolute atomic E-state index is 12.4. The molecule has 1 amide bonds. The van der Waals surface area contributed by atoms with Crippen molar-refractivity contribution < 1.29 is 14.3 Å². The fourth-order valence-electron chi connectivity index (χ4n) is 2.78. The van der Waals surface area contributed by atoms with Crippen LogP contribution < -0.4 is 10.1 Å². The lowest BCUT2D eigenvalue weighted by atomic mass is 10.2. The summed E-state index contributed by atoms with van der Waals surface area (Å²) in [4.78, 5) is 14.3. The maximum atomic E-state index is 12.4. The lowest BCUT2D eigenvalue weighted by Crippen LogP contribution is -2.48. The summed E-state index contributed by atoms with van der Waals surface area (Å²) in [6.07, 6.45) is 0.150. The molecule has 0 unspecified atom stereocenters. The minimum absolute atomic E-state index is 0.0749. The van der Waals surface area contributed by atoms with Crippen molar-refractivity contribution in [3.63, 3.8) is 0 Å². The van der Waals surface area contributed by atoms with E-state index in [1.165, 1.54) is 23.1 Å². The van der Waals surface area contributed by atoms with Gasteiger partial charge in [-0.15, -0.1) is 10.2 Å². The first kappa shape index (κ1) is 18.9. The molecule has 140 valence electrons. The summed E-state index contributed by atoms with van der Waals surface area (Å²) in [7, 11) is 1.63. The van der Waals surface area contributed by atoms with Crippen LogP contribution in [0.2, 0.25) is 0 Å². The SMILES string of the molecule is COc1ccccc1Nc1nnc(SCC(=O)N2C[C@@H](C)O[C@H](C)C2)s1. The first-order chi connectivity index (χ1) is 12.5. The summed E-state index contributed by atoms with van der Waals surface area (Å²) in [5, 5.41) is 12.2. The van der Waals surface area contributed by atoms with Gasteiger partial charge in [0.25, 0.3) is 0 Å². The molecular weight excluding hydrogens is 372 g/mol. The average molecular weight is 395 g/mol. The van der Waals surface area contributed by atoms with Gasteiger partial charge in [0.1, 0.15) is 5.75 Å². The topological polar surface area (TPSA) is 76.6 Å². The number of anilines is 2. The Morgan fingerprint density at radius 3 is 2.81 bits per heavy atom. The van der Waals surface area contributed by atoms with Crippen LogP contribution in [0, 0.1) is 0 Å². The van der Waals surface area contributed by atoms with E-state index in [0.29, 0.717) is 24.0 Å². The second-order valence-electron chi connectivity index (χ2n) is 6.04. The van der Waals surface area contributed by atoms with Gasteiger partial charge in [-0.1, -0.05) is 35.2 Å². The molecule has 2 aromatic rings. The zero-order chi connectivity index (χ0) is 18.5. The molecule has 9 heteroatoms. The number of thioether (sulfide) groups is 1. The molecule has 26 heavy (non-hydrogen) atoms. The number of amides is 1. The Morgan fingerprint density at radius 1 is 1.35 bits per heavy atom. The van der Waals surface area contributed by atoms with E-state index in [4.69, 9.17) is 9.47 Å². The summed E-state index contributed by atoms with van der Waals surface area (Å²) in [5.41, 5.74) is 0.829. The molecule has 0 radical (unpaired) electrons.